The lowest BCUT2D eigenvalue weighted by molar-refractivity contribution is 0.0286. The van der Waals surface area contributed by atoms with Crippen molar-refractivity contribution >= 4 is 0 Å². The largest absolute Gasteiger partial charge is 0.373 e. The number of hydrogen-bond donors (Lipinski definition) is 1. The molecule has 0 fully saturated rings. The topological polar surface area (TPSA) is 21.3 Å². The van der Waals surface area contributed by atoms with Crippen molar-refractivity contribution in [1.29, 1.82) is 0 Å². The van der Waals surface area contributed by atoms with Crippen LogP contribution in [-0.4, -0.2) is 19.2 Å². The molecule has 0 amide bonds. The van der Waals surface area contributed by atoms with Crippen LogP contribution in [0.25, 0.3) is 0 Å². The van der Waals surface area contributed by atoms with Gasteiger partial charge in [-0.15, -0.1) is 0 Å². The van der Waals surface area contributed by atoms with Crippen LogP contribution in [0.2, 0.25) is 0 Å². The van der Waals surface area contributed by atoms with Crippen molar-refractivity contribution in [3.05, 3.63) is 35.4 Å². The average Bonchev–Trinajstić information content (AvgIpc) is 2.45. The van der Waals surface area contributed by atoms with Crippen molar-refractivity contribution in [2.24, 2.45) is 5.92 Å². The Bertz CT molecular complexity index is 402. The Morgan fingerprint density at radius 2 is 2.05 bits per heavy atom. The summed E-state index contributed by atoms with van der Waals surface area (Å²) in [6, 6.07) is 9.34. The summed E-state index contributed by atoms with van der Waals surface area (Å²) < 4.78 is 6.05. The first-order chi connectivity index (χ1) is 9.70. The highest BCUT2D eigenvalue weighted by molar-refractivity contribution is 5.31. The number of rotatable bonds is 7. The quantitative estimate of drug-likeness (QED) is 0.808. The molecule has 0 bridgehead atoms. The summed E-state index contributed by atoms with van der Waals surface area (Å²) in [5.41, 5.74) is 2.88. The minimum atomic E-state index is 0.274. The molecule has 0 saturated carbocycles. The Balaban J connectivity index is 2.00. The summed E-state index contributed by atoms with van der Waals surface area (Å²) in [4.78, 5) is 0. The highest BCUT2D eigenvalue weighted by Gasteiger charge is 2.23. The fourth-order valence-electron chi connectivity index (χ4n) is 3.06. The van der Waals surface area contributed by atoms with Gasteiger partial charge in [0.2, 0.25) is 0 Å². The average molecular weight is 275 g/mol. The van der Waals surface area contributed by atoms with Gasteiger partial charge < -0.3 is 10.1 Å². The maximum Gasteiger partial charge on any atom is 0.0842 e. The molecule has 1 aliphatic heterocycles. The maximum atomic E-state index is 6.05. The molecule has 112 valence electrons. The monoisotopic (exact) mass is 275 g/mol. The van der Waals surface area contributed by atoms with E-state index in [1.54, 1.807) is 0 Å². The Morgan fingerprint density at radius 3 is 2.80 bits per heavy atom. The summed E-state index contributed by atoms with van der Waals surface area (Å²) in [6.45, 7) is 8.70. The van der Waals surface area contributed by atoms with E-state index in [9.17, 15) is 0 Å². The van der Waals surface area contributed by atoms with Gasteiger partial charge in [-0.25, -0.2) is 0 Å². The molecular weight excluding hydrogens is 246 g/mol. The molecule has 1 aromatic rings. The molecule has 0 spiro atoms. The molecule has 20 heavy (non-hydrogen) atoms. The first-order valence-corrected chi connectivity index (χ1v) is 8.13. The zero-order valence-electron chi connectivity index (χ0n) is 13.2. The van der Waals surface area contributed by atoms with Crippen LogP contribution in [0.1, 0.15) is 57.3 Å². The zero-order valence-corrected chi connectivity index (χ0v) is 13.2. The van der Waals surface area contributed by atoms with E-state index < -0.39 is 0 Å². The molecule has 0 aromatic heterocycles. The van der Waals surface area contributed by atoms with E-state index in [-0.39, 0.29) is 6.10 Å². The van der Waals surface area contributed by atoms with Crippen LogP contribution in [-0.2, 0) is 11.2 Å². The van der Waals surface area contributed by atoms with Crippen molar-refractivity contribution < 1.29 is 4.74 Å². The van der Waals surface area contributed by atoms with Crippen LogP contribution < -0.4 is 5.32 Å². The molecule has 0 saturated heterocycles. The number of hydrogen-bond acceptors (Lipinski definition) is 2. The van der Waals surface area contributed by atoms with Gasteiger partial charge in [0.1, 0.15) is 0 Å². The van der Waals surface area contributed by atoms with E-state index in [2.05, 4.69) is 50.4 Å². The molecule has 2 rings (SSSR count). The minimum Gasteiger partial charge on any atom is -0.373 e. The fourth-order valence-corrected chi connectivity index (χ4v) is 3.06. The van der Waals surface area contributed by atoms with Crippen molar-refractivity contribution in [1.82, 2.24) is 5.32 Å². The Labute approximate surface area is 123 Å². The second-order valence-electron chi connectivity index (χ2n) is 6.27. The maximum absolute atomic E-state index is 6.05. The summed E-state index contributed by atoms with van der Waals surface area (Å²) in [5.74, 6) is 0.774. The van der Waals surface area contributed by atoms with Crippen molar-refractivity contribution in [3.63, 3.8) is 0 Å². The van der Waals surface area contributed by atoms with E-state index in [0.717, 1.165) is 31.9 Å². The zero-order chi connectivity index (χ0) is 14.4. The van der Waals surface area contributed by atoms with E-state index in [1.807, 2.05) is 0 Å². The second-order valence-corrected chi connectivity index (χ2v) is 6.27. The van der Waals surface area contributed by atoms with Crippen molar-refractivity contribution in [2.75, 3.05) is 13.2 Å². The molecule has 2 nitrogen and oxygen atoms in total. The lowest BCUT2D eigenvalue weighted by atomic mass is 9.91. The van der Waals surface area contributed by atoms with Gasteiger partial charge in [-0.3, -0.25) is 0 Å². The van der Waals surface area contributed by atoms with Gasteiger partial charge in [-0.1, -0.05) is 45.0 Å². The van der Waals surface area contributed by atoms with E-state index in [1.165, 1.54) is 24.0 Å². The highest BCUT2D eigenvalue weighted by atomic mass is 16.5. The normalized spacial score (nSPS) is 19.9. The molecule has 1 aliphatic rings. The first-order valence-electron chi connectivity index (χ1n) is 8.13. The standard InChI is InChI=1S/C18H29NO/c1-4-19-16(10-9-14(2)3)13-18-17-8-6-5-7-15(17)11-12-20-18/h5-8,14,16,18-19H,4,9-13H2,1-3H3. The second kappa shape index (κ2) is 7.80. The third kappa shape index (κ3) is 4.32. The SMILES string of the molecule is CCNC(CCC(C)C)CC1OCCc2ccccc21. The van der Waals surface area contributed by atoms with Crippen LogP contribution in [0.5, 0.6) is 0 Å². The Morgan fingerprint density at radius 1 is 1.25 bits per heavy atom. The summed E-state index contributed by atoms with van der Waals surface area (Å²) in [6.07, 6.45) is 4.96. The fraction of sp³-hybridized carbons (Fsp3) is 0.667. The molecular formula is C18H29NO. The van der Waals surface area contributed by atoms with Gasteiger partial charge in [0.15, 0.2) is 0 Å². The van der Waals surface area contributed by atoms with E-state index in [0.29, 0.717) is 6.04 Å². The summed E-state index contributed by atoms with van der Waals surface area (Å²) in [7, 11) is 0. The lowest BCUT2D eigenvalue weighted by Gasteiger charge is -2.30. The van der Waals surface area contributed by atoms with Gasteiger partial charge >= 0.3 is 0 Å². The molecule has 1 aromatic carbocycles. The molecule has 0 aliphatic carbocycles. The molecule has 2 atom stereocenters. The highest BCUT2D eigenvalue weighted by Crippen LogP contribution is 2.31. The molecule has 2 heteroatoms. The van der Waals surface area contributed by atoms with Crippen LogP contribution >= 0.6 is 0 Å². The molecule has 2 unspecified atom stereocenters. The summed E-state index contributed by atoms with van der Waals surface area (Å²) in [5, 5.41) is 3.64. The number of benzene rings is 1. The van der Waals surface area contributed by atoms with Crippen molar-refractivity contribution in [2.45, 2.75) is 58.6 Å². The van der Waals surface area contributed by atoms with E-state index >= 15 is 0 Å². The first kappa shape index (κ1) is 15.5. The third-order valence-electron chi connectivity index (χ3n) is 4.18. The number of ether oxygens (including phenoxy) is 1. The van der Waals surface area contributed by atoms with Gasteiger partial charge in [0.25, 0.3) is 0 Å². The predicted octanol–water partition coefficient (Wildman–Crippen LogP) is 4.10. The van der Waals surface area contributed by atoms with Crippen LogP contribution in [0.3, 0.4) is 0 Å². The summed E-state index contributed by atoms with van der Waals surface area (Å²) >= 11 is 0. The van der Waals surface area contributed by atoms with Crippen LogP contribution in [0, 0.1) is 5.92 Å². The lowest BCUT2D eigenvalue weighted by Crippen LogP contribution is -2.32. The van der Waals surface area contributed by atoms with Gasteiger partial charge in [-0.05, 0) is 49.3 Å². The van der Waals surface area contributed by atoms with Crippen LogP contribution in [0.15, 0.2) is 24.3 Å². The number of nitrogens with one attached hydrogen (secondary N) is 1. The smallest absolute Gasteiger partial charge is 0.0842 e. The van der Waals surface area contributed by atoms with Gasteiger partial charge in [0.05, 0.1) is 12.7 Å². The number of fused-ring (bicyclic) bond motifs is 1. The van der Waals surface area contributed by atoms with E-state index in [4.69, 9.17) is 4.74 Å². The van der Waals surface area contributed by atoms with Gasteiger partial charge in [-0.2, -0.15) is 0 Å². The van der Waals surface area contributed by atoms with Crippen LogP contribution in [0.4, 0.5) is 0 Å². The Kier molecular flexibility index (Phi) is 6.06. The Hall–Kier alpha value is -0.860. The predicted molar refractivity (Wildman–Crippen MR) is 85.0 cm³/mol. The molecule has 1 heterocycles. The van der Waals surface area contributed by atoms with Gasteiger partial charge in [0, 0.05) is 6.04 Å². The molecule has 1 N–H and O–H groups in total. The third-order valence-corrected chi connectivity index (χ3v) is 4.18. The van der Waals surface area contributed by atoms with Crippen molar-refractivity contribution in [3.8, 4) is 0 Å². The minimum absolute atomic E-state index is 0.274. The molecule has 0 radical (unpaired) electrons.